The number of amides is 2. The monoisotopic (exact) mass is 433 g/mol. The number of hydrogen-bond acceptors (Lipinski definition) is 2. The van der Waals surface area contributed by atoms with Gasteiger partial charge in [0, 0.05) is 16.3 Å². The van der Waals surface area contributed by atoms with E-state index in [1.165, 1.54) is 16.0 Å². The molecule has 3 nitrogen and oxygen atoms in total. The fraction of sp³-hybridized carbons (Fsp3) is 0.250. The van der Waals surface area contributed by atoms with E-state index in [0.29, 0.717) is 5.69 Å². The summed E-state index contributed by atoms with van der Waals surface area (Å²) in [5.74, 6) is -0.662. The fourth-order valence-electron chi connectivity index (χ4n) is 5.09. The van der Waals surface area contributed by atoms with Gasteiger partial charge in [0.1, 0.15) is 0 Å². The van der Waals surface area contributed by atoms with Gasteiger partial charge >= 0.3 is 0 Å². The summed E-state index contributed by atoms with van der Waals surface area (Å²) < 4.78 is 0.907. The predicted octanol–water partition coefficient (Wildman–Crippen LogP) is 5.15. The van der Waals surface area contributed by atoms with Crippen molar-refractivity contribution in [3.63, 3.8) is 0 Å². The Morgan fingerprint density at radius 3 is 2.11 bits per heavy atom. The third-order valence-corrected chi connectivity index (χ3v) is 7.32. The number of fused-ring (bicyclic) bond motifs is 5. The van der Waals surface area contributed by atoms with Gasteiger partial charge < -0.3 is 0 Å². The van der Waals surface area contributed by atoms with E-state index >= 15 is 0 Å². The molecule has 0 spiro atoms. The molecule has 28 heavy (non-hydrogen) atoms. The first-order valence-corrected chi connectivity index (χ1v) is 10.4. The van der Waals surface area contributed by atoms with Crippen molar-refractivity contribution in [2.24, 2.45) is 23.7 Å². The lowest BCUT2D eigenvalue weighted by molar-refractivity contribution is -0.122. The minimum Gasteiger partial charge on any atom is -0.274 e. The molecule has 0 aromatic heterocycles. The summed E-state index contributed by atoms with van der Waals surface area (Å²) in [6, 6.07) is 15.9. The molecular formula is C24H20BrNO2. The van der Waals surface area contributed by atoms with Crippen LogP contribution in [0.2, 0.25) is 0 Å². The molecule has 0 radical (unpaired) electrons. The summed E-state index contributed by atoms with van der Waals surface area (Å²) in [5.41, 5.74) is 5.34. The molecule has 4 atom stereocenters. The summed E-state index contributed by atoms with van der Waals surface area (Å²) in [6.45, 7) is 4.10. The maximum atomic E-state index is 13.3. The van der Waals surface area contributed by atoms with Gasteiger partial charge in [-0.25, -0.2) is 4.90 Å². The van der Waals surface area contributed by atoms with Crippen LogP contribution >= 0.6 is 15.9 Å². The van der Waals surface area contributed by atoms with Gasteiger partial charge in [0.25, 0.3) is 0 Å². The molecule has 5 rings (SSSR count). The van der Waals surface area contributed by atoms with Crippen LogP contribution in [0.5, 0.6) is 0 Å². The molecule has 1 aliphatic heterocycles. The molecule has 4 heteroatoms. The van der Waals surface area contributed by atoms with Crippen molar-refractivity contribution in [3.05, 3.63) is 81.9 Å². The highest BCUT2D eigenvalue weighted by molar-refractivity contribution is 9.10. The first-order chi connectivity index (χ1) is 13.5. The number of nitrogens with zero attached hydrogens (tertiary/aromatic N) is 1. The highest BCUT2D eigenvalue weighted by Gasteiger charge is 2.62. The predicted molar refractivity (Wildman–Crippen MR) is 114 cm³/mol. The number of imide groups is 1. The number of carbonyl (C=O) groups is 2. The SMILES string of the molecule is CC(=C1[C@H]2C=C[C@H]1[C@@H]1C(=O)N(c3ccc(C)c(Br)c3)C(=O)[C@H]12)c1ccccc1. The summed E-state index contributed by atoms with van der Waals surface area (Å²) in [6.07, 6.45) is 4.26. The van der Waals surface area contributed by atoms with Crippen LogP contribution < -0.4 is 4.90 Å². The lowest BCUT2D eigenvalue weighted by Gasteiger charge is -2.20. The summed E-state index contributed by atoms with van der Waals surface area (Å²) in [7, 11) is 0. The standard InChI is InChI=1S/C24H20BrNO2/c1-13-8-9-16(12-19(13)25)26-23(27)21-17-10-11-18(22(21)24(26)28)20(17)14(2)15-6-4-3-5-7-15/h3-12,17-18,21-22H,1-2H3/t17-,18-,21+,22+/m1/s1. The van der Waals surface area contributed by atoms with Crippen LogP contribution in [-0.2, 0) is 9.59 Å². The molecule has 1 saturated heterocycles. The van der Waals surface area contributed by atoms with Crippen LogP contribution in [0, 0.1) is 30.6 Å². The van der Waals surface area contributed by atoms with Crippen molar-refractivity contribution in [2.45, 2.75) is 13.8 Å². The Bertz CT molecular complexity index is 1040. The Kier molecular flexibility index (Phi) is 3.95. The second kappa shape index (κ2) is 6.28. The normalized spacial score (nSPS) is 27.7. The third-order valence-electron chi connectivity index (χ3n) is 6.47. The van der Waals surface area contributed by atoms with Crippen molar-refractivity contribution < 1.29 is 9.59 Å². The summed E-state index contributed by atoms with van der Waals surface area (Å²) in [4.78, 5) is 28.0. The van der Waals surface area contributed by atoms with E-state index in [1.54, 1.807) is 0 Å². The topological polar surface area (TPSA) is 37.4 Å². The van der Waals surface area contributed by atoms with Gasteiger partial charge in [0.15, 0.2) is 0 Å². The average Bonchev–Trinajstić information content (AvgIpc) is 3.34. The molecule has 0 unspecified atom stereocenters. The number of hydrogen-bond donors (Lipinski definition) is 0. The molecule has 2 fully saturated rings. The van der Waals surface area contributed by atoms with Crippen LogP contribution in [0.1, 0.15) is 18.1 Å². The number of rotatable bonds is 2. The van der Waals surface area contributed by atoms with E-state index in [2.05, 4.69) is 47.1 Å². The zero-order valence-corrected chi connectivity index (χ0v) is 17.3. The second-order valence-corrected chi connectivity index (χ2v) is 8.73. The molecular weight excluding hydrogens is 414 g/mol. The first kappa shape index (κ1) is 17.6. The Balaban J connectivity index is 1.55. The molecule has 2 bridgehead atoms. The molecule has 1 saturated carbocycles. The van der Waals surface area contributed by atoms with Gasteiger partial charge in [-0.1, -0.05) is 70.1 Å². The maximum absolute atomic E-state index is 13.3. The first-order valence-electron chi connectivity index (χ1n) is 9.57. The third kappa shape index (κ3) is 2.34. The van der Waals surface area contributed by atoms with E-state index in [9.17, 15) is 9.59 Å². The number of halogens is 1. The van der Waals surface area contributed by atoms with Gasteiger partial charge in [0.05, 0.1) is 17.5 Å². The van der Waals surface area contributed by atoms with Gasteiger partial charge in [-0.2, -0.15) is 0 Å². The number of carbonyl (C=O) groups excluding carboxylic acids is 2. The Hall–Kier alpha value is -2.46. The van der Waals surface area contributed by atoms with Crippen LogP contribution in [0.4, 0.5) is 5.69 Å². The molecule has 3 aliphatic rings. The fourth-order valence-corrected chi connectivity index (χ4v) is 5.46. The van der Waals surface area contributed by atoms with Crippen LogP contribution in [-0.4, -0.2) is 11.8 Å². The number of aryl methyl sites for hydroxylation is 1. The molecule has 1 heterocycles. The Morgan fingerprint density at radius 1 is 0.929 bits per heavy atom. The average molecular weight is 434 g/mol. The van der Waals surface area contributed by atoms with Gasteiger partial charge in [0.2, 0.25) is 11.8 Å². The number of benzene rings is 2. The van der Waals surface area contributed by atoms with Gasteiger partial charge in [-0.05, 0) is 42.7 Å². The minimum atomic E-state index is -0.281. The quantitative estimate of drug-likeness (QED) is 0.484. The molecule has 140 valence electrons. The van der Waals surface area contributed by atoms with Crippen molar-refractivity contribution in [3.8, 4) is 0 Å². The largest absolute Gasteiger partial charge is 0.274 e. The zero-order chi connectivity index (χ0) is 19.6. The number of anilines is 1. The smallest absolute Gasteiger partial charge is 0.238 e. The Morgan fingerprint density at radius 2 is 1.54 bits per heavy atom. The number of allylic oxidation sites excluding steroid dienone is 4. The van der Waals surface area contributed by atoms with Gasteiger partial charge in [-0.15, -0.1) is 0 Å². The highest BCUT2D eigenvalue weighted by atomic mass is 79.9. The van der Waals surface area contributed by atoms with E-state index < -0.39 is 0 Å². The second-order valence-electron chi connectivity index (χ2n) is 7.88. The minimum absolute atomic E-state index is 0.0190. The van der Waals surface area contributed by atoms with Crippen molar-refractivity contribution in [1.82, 2.24) is 0 Å². The van der Waals surface area contributed by atoms with E-state index in [1.807, 2.05) is 43.3 Å². The van der Waals surface area contributed by atoms with Crippen molar-refractivity contribution in [2.75, 3.05) is 4.90 Å². The molecule has 2 aliphatic carbocycles. The molecule has 2 aromatic rings. The summed E-state index contributed by atoms with van der Waals surface area (Å²) >= 11 is 3.52. The molecule has 2 aromatic carbocycles. The van der Waals surface area contributed by atoms with Crippen molar-refractivity contribution >= 4 is 39.0 Å². The van der Waals surface area contributed by atoms with Crippen LogP contribution in [0.3, 0.4) is 0 Å². The van der Waals surface area contributed by atoms with E-state index in [0.717, 1.165) is 15.6 Å². The molecule has 2 amide bonds. The van der Waals surface area contributed by atoms with Crippen LogP contribution in [0.25, 0.3) is 5.57 Å². The van der Waals surface area contributed by atoms with E-state index in [4.69, 9.17) is 0 Å². The van der Waals surface area contributed by atoms with Crippen molar-refractivity contribution in [1.29, 1.82) is 0 Å². The maximum Gasteiger partial charge on any atom is 0.238 e. The summed E-state index contributed by atoms with van der Waals surface area (Å²) in [5, 5.41) is 0. The lowest BCUT2D eigenvalue weighted by Crippen LogP contribution is -2.33. The Labute approximate surface area is 172 Å². The zero-order valence-electron chi connectivity index (χ0n) is 15.7. The highest BCUT2D eigenvalue weighted by Crippen LogP contribution is 2.58. The van der Waals surface area contributed by atoms with Gasteiger partial charge in [-0.3, -0.25) is 9.59 Å². The molecule has 0 N–H and O–H groups in total. The van der Waals surface area contributed by atoms with E-state index in [-0.39, 0.29) is 35.5 Å². The van der Waals surface area contributed by atoms with Crippen LogP contribution in [0.15, 0.2) is 70.7 Å². The lowest BCUT2D eigenvalue weighted by atomic mass is 9.85.